The molecule has 0 N–H and O–H groups in total. The maximum absolute atomic E-state index is 11.8. The molecule has 3 nitrogen and oxygen atoms in total. The van der Waals surface area contributed by atoms with Crippen molar-refractivity contribution < 1.29 is 9.53 Å². The average molecular weight is 246 g/mol. The van der Waals surface area contributed by atoms with E-state index in [1.165, 1.54) is 6.42 Å². The molecule has 0 radical (unpaired) electrons. The van der Waals surface area contributed by atoms with Crippen LogP contribution >= 0.6 is 11.6 Å². The van der Waals surface area contributed by atoms with Crippen LogP contribution in [-0.4, -0.2) is 42.0 Å². The van der Waals surface area contributed by atoms with Gasteiger partial charge in [-0.3, -0.25) is 4.79 Å². The fourth-order valence-corrected chi connectivity index (χ4v) is 2.94. The second-order valence-electron chi connectivity index (χ2n) is 4.85. The summed E-state index contributed by atoms with van der Waals surface area (Å²) in [5.74, 6) is 0.603. The van der Waals surface area contributed by atoms with Crippen molar-refractivity contribution >= 4 is 17.5 Å². The van der Waals surface area contributed by atoms with Gasteiger partial charge in [0.05, 0.1) is 5.60 Å². The van der Waals surface area contributed by atoms with Crippen LogP contribution in [0.2, 0.25) is 0 Å². The number of halogens is 1. The third-order valence-electron chi connectivity index (χ3n) is 3.64. The van der Waals surface area contributed by atoms with Gasteiger partial charge in [-0.2, -0.15) is 0 Å². The lowest BCUT2D eigenvalue weighted by atomic mass is 9.85. The number of carbonyl (C=O) groups is 1. The first kappa shape index (κ1) is 12.2. The van der Waals surface area contributed by atoms with Gasteiger partial charge in [0, 0.05) is 32.0 Å². The Hall–Kier alpha value is -0.280. The third kappa shape index (κ3) is 2.69. The van der Waals surface area contributed by atoms with Gasteiger partial charge in [-0.05, 0) is 32.1 Å². The molecule has 0 aromatic carbocycles. The Kier molecular flexibility index (Phi) is 4.09. The highest BCUT2D eigenvalue weighted by atomic mass is 35.5. The number of likely N-dealkylation sites (tertiary alicyclic amines) is 1. The molecule has 2 heterocycles. The number of hydrogen-bond acceptors (Lipinski definition) is 2. The Morgan fingerprint density at radius 3 is 2.81 bits per heavy atom. The lowest BCUT2D eigenvalue weighted by Gasteiger charge is -2.44. The van der Waals surface area contributed by atoms with Crippen LogP contribution < -0.4 is 0 Å². The van der Waals surface area contributed by atoms with Crippen LogP contribution in [0.4, 0.5) is 0 Å². The van der Waals surface area contributed by atoms with Crippen molar-refractivity contribution in [2.45, 2.75) is 44.1 Å². The van der Waals surface area contributed by atoms with Gasteiger partial charge in [-0.25, -0.2) is 0 Å². The lowest BCUT2D eigenvalue weighted by molar-refractivity contribution is -0.148. The summed E-state index contributed by atoms with van der Waals surface area (Å²) in [5.41, 5.74) is -0.0293. The first-order valence-electron chi connectivity index (χ1n) is 6.23. The van der Waals surface area contributed by atoms with Crippen LogP contribution in [0.25, 0.3) is 0 Å². The van der Waals surface area contributed by atoms with Crippen molar-refractivity contribution in [3.8, 4) is 0 Å². The summed E-state index contributed by atoms with van der Waals surface area (Å²) in [4.78, 5) is 13.8. The van der Waals surface area contributed by atoms with Gasteiger partial charge in [-0.15, -0.1) is 11.6 Å². The minimum absolute atomic E-state index is 0.0293. The monoisotopic (exact) mass is 245 g/mol. The molecule has 0 aromatic rings. The summed E-state index contributed by atoms with van der Waals surface area (Å²) >= 11 is 5.61. The molecule has 1 spiro atoms. The van der Waals surface area contributed by atoms with Gasteiger partial charge < -0.3 is 9.64 Å². The van der Waals surface area contributed by atoms with E-state index in [1.807, 2.05) is 4.90 Å². The van der Waals surface area contributed by atoms with Gasteiger partial charge in [0.25, 0.3) is 0 Å². The standard InChI is InChI=1S/C12H20ClNO2/c13-7-4-11(15)14-8-3-6-12(10-14)5-1-2-9-16-12/h1-10H2/t12-/m0/s1. The minimum atomic E-state index is -0.0293. The number of rotatable bonds is 2. The number of amides is 1. The number of alkyl halides is 1. The smallest absolute Gasteiger partial charge is 0.223 e. The van der Waals surface area contributed by atoms with E-state index in [1.54, 1.807) is 0 Å². The fraction of sp³-hybridized carbons (Fsp3) is 0.917. The van der Waals surface area contributed by atoms with Crippen LogP contribution in [0, 0.1) is 0 Å². The Morgan fingerprint density at radius 2 is 2.12 bits per heavy atom. The molecular weight excluding hydrogens is 226 g/mol. The molecule has 4 heteroatoms. The summed E-state index contributed by atoms with van der Waals surface area (Å²) in [7, 11) is 0. The second-order valence-corrected chi connectivity index (χ2v) is 5.22. The Labute approximate surface area is 102 Å². The van der Waals surface area contributed by atoms with Gasteiger partial charge in [0.1, 0.15) is 0 Å². The first-order valence-corrected chi connectivity index (χ1v) is 6.77. The minimum Gasteiger partial charge on any atom is -0.373 e. The van der Waals surface area contributed by atoms with Gasteiger partial charge in [-0.1, -0.05) is 0 Å². The Balaban J connectivity index is 1.94. The fourth-order valence-electron chi connectivity index (χ4n) is 2.78. The van der Waals surface area contributed by atoms with E-state index < -0.39 is 0 Å². The van der Waals surface area contributed by atoms with Gasteiger partial charge in [0.15, 0.2) is 0 Å². The van der Waals surface area contributed by atoms with Crippen molar-refractivity contribution in [3.05, 3.63) is 0 Å². The quantitative estimate of drug-likeness (QED) is 0.698. The number of piperidine rings is 1. The van der Waals surface area contributed by atoms with Crippen molar-refractivity contribution in [1.29, 1.82) is 0 Å². The van der Waals surface area contributed by atoms with E-state index in [4.69, 9.17) is 16.3 Å². The molecule has 16 heavy (non-hydrogen) atoms. The van der Waals surface area contributed by atoms with Crippen LogP contribution in [-0.2, 0) is 9.53 Å². The molecule has 2 aliphatic rings. The van der Waals surface area contributed by atoms with E-state index in [0.717, 1.165) is 45.4 Å². The number of ether oxygens (including phenoxy) is 1. The highest BCUT2D eigenvalue weighted by molar-refractivity contribution is 6.18. The molecule has 2 aliphatic heterocycles. The molecule has 1 amide bonds. The Bertz CT molecular complexity index is 246. The van der Waals surface area contributed by atoms with Crippen LogP contribution in [0.1, 0.15) is 38.5 Å². The molecule has 2 saturated heterocycles. The molecule has 92 valence electrons. The zero-order valence-corrected chi connectivity index (χ0v) is 10.5. The molecule has 0 bridgehead atoms. The molecule has 2 rings (SSSR count). The third-order valence-corrected chi connectivity index (χ3v) is 3.82. The summed E-state index contributed by atoms with van der Waals surface area (Å²) < 4.78 is 5.94. The summed E-state index contributed by atoms with van der Waals surface area (Å²) in [6.07, 6.45) is 6.13. The van der Waals surface area contributed by atoms with Crippen molar-refractivity contribution in [2.75, 3.05) is 25.6 Å². The molecule has 2 fully saturated rings. The maximum atomic E-state index is 11.8. The summed E-state index contributed by atoms with van der Waals surface area (Å²) in [5, 5.41) is 0. The van der Waals surface area contributed by atoms with E-state index >= 15 is 0 Å². The van der Waals surface area contributed by atoms with E-state index in [2.05, 4.69) is 0 Å². The SMILES string of the molecule is O=C(CCCl)N1CCC[C@@]2(CCCCO2)C1. The van der Waals surface area contributed by atoms with Crippen LogP contribution in [0.5, 0.6) is 0 Å². The average Bonchev–Trinajstić information content (AvgIpc) is 2.30. The van der Waals surface area contributed by atoms with Crippen LogP contribution in [0.15, 0.2) is 0 Å². The number of hydrogen-bond donors (Lipinski definition) is 0. The molecule has 0 aromatic heterocycles. The van der Waals surface area contributed by atoms with Crippen molar-refractivity contribution in [1.82, 2.24) is 4.90 Å². The van der Waals surface area contributed by atoms with Crippen molar-refractivity contribution in [2.24, 2.45) is 0 Å². The van der Waals surface area contributed by atoms with Gasteiger partial charge in [0.2, 0.25) is 5.91 Å². The molecular formula is C12H20ClNO2. The Morgan fingerprint density at radius 1 is 1.31 bits per heavy atom. The first-order chi connectivity index (χ1) is 7.76. The van der Waals surface area contributed by atoms with Crippen molar-refractivity contribution in [3.63, 3.8) is 0 Å². The predicted octanol–water partition coefficient (Wildman–Crippen LogP) is 2.18. The summed E-state index contributed by atoms with van der Waals surface area (Å²) in [6, 6.07) is 0. The molecule has 0 aliphatic carbocycles. The van der Waals surface area contributed by atoms with E-state index in [0.29, 0.717) is 12.3 Å². The molecule has 0 saturated carbocycles. The largest absolute Gasteiger partial charge is 0.373 e. The number of nitrogens with zero attached hydrogens (tertiary/aromatic N) is 1. The summed E-state index contributed by atoms with van der Waals surface area (Å²) in [6.45, 7) is 2.51. The van der Waals surface area contributed by atoms with E-state index in [-0.39, 0.29) is 11.5 Å². The highest BCUT2D eigenvalue weighted by Crippen LogP contribution is 2.33. The zero-order valence-electron chi connectivity index (χ0n) is 9.71. The highest BCUT2D eigenvalue weighted by Gasteiger charge is 2.38. The van der Waals surface area contributed by atoms with Gasteiger partial charge >= 0.3 is 0 Å². The molecule has 1 atom stereocenters. The topological polar surface area (TPSA) is 29.5 Å². The second kappa shape index (κ2) is 5.37. The van der Waals surface area contributed by atoms with E-state index in [9.17, 15) is 4.79 Å². The zero-order chi connectivity index (χ0) is 11.4. The number of carbonyl (C=O) groups excluding carboxylic acids is 1. The predicted molar refractivity (Wildman–Crippen MR) is 63.7 cm³/mol. The lowest BCUT2D eigenvalue weighted by Crippen LogP contribution is -2.53. The van der Waals surface area contributed by atoms with Crippen LogP contribution in [0.3, 0.4) is 0 Å². The maximum Gasteiger partial charge on any atom is 0.223 e. The molecule has 0 unspecified atom stereocenters. The normalized spacial score (nSPS) is 30.7.